The second-order valence-electron chi connectivity index (χ2n) is 7.53. The highest BCUT2D eigenvalue weighted by Crippen LogP contribution is 2.43. The first kappa shape index (κ1) is 15.1. The molecule has 1 saturated heterocycles. The third kappa shape index (κ3) is 2.89. The Balaban J connectivity index is 1.81. The van der Waals surface area contributed by atoms with Gasteiger partial charge in [0.15, 0.2) is 0 Å². The van der Waals surface area contributed by atoms with Gasteiger partial charge in [-0.3, -0.25) is 4.90 Å². The molecular formula is C19H30N2. The zero-order valence-electron chi connectivity index (χ0n) is 14.0. The molecule has 2 fully saturated rings. The van der Waals surface area contributed by atoms with E-state index in [2.05, 4.69) is 68.2 Å². The number of piperazine rings is 1. The lowest BCUT2D eigenvalue weighted by molar-refractivity contribution is 0.0494. The van der Waals surface area contributed by atoms with Crippen LogP contribution in [0.15, 0.2) is 30.3 Å². The molecule has 2 nitrogen and oxygen atoms in total. The predicted molar refractivity (Wildman–Crippen MR) is 89.3 cm³/mol. The standard InChI is InChI=1S/C19H30N2/c1-5-15-11-17(15)21-13-19(4,16-9-7-6-8-10-16)20-12-18(21)14(2)3/h6-10,14-15,17-18,20H,5,11-13H2,1-4H3. The molecule has 0 aromatic heterocycles. The van der Waals surface area contributed by atoms with Crippen molar-refractivity contribution in [1.82, 2.24) is 10.2 Å². The van der Waals surface area contributed by atoms with Crippen molar-refractivity contribution in [2.75, 3.05) is 13.1 Å². The van der Waals surface area contributed by atoms with Gasteiger partial charge in [-0.2, -0.15) is 0 Å². The first-order valence-corrected chi connectivity index (χ1v) is 8.61. The van der Waals surface area contributed by atoms with Crippen LogP contribution in [0.1, 0.15) is 46.1 Å². The molecule has 1 aliphatic carbocycles. The molecule has 0 radical (unpaired) electrons. The first-order chi connectivity index (χ1) is 10.0. The molecule has 1 aliphatic heterocycles. The second kappa shape index (κ2) is 5.73. The van der Waals surface area contributed by atoms with Crippen molar-refractivity contribution < 1.29 is 0 Å². The van der Waals surface area contributed by atoms with E-state index in [1.165, 1.54) is 18.4 Å². The Kier molecular flexibility index (Phi) is 4.11. The smallest absolute Gasteiger partial charge is 0.0535 e. The zero-order valence-corrected chi connectivity index (χ0v) is 14.0. The SMILES string of the molecule is CCC1CC1N1CC(C)(c2ccccc2)NCC1C(C)C. The van der Waals surface area contributed by atoms with Gasteiger partial charge in [0.05, 0.1) is 5.54 Å². The lowest BCUT2D eigenvalue weighted by atomic mass is 9.86. The van der Waals surface area contributed by atoms with E-state index in [0.29, 0.717) is 6.04 Å². The summed E-state index contributed by atoms with van der Waals surface area (Å²) >= 11 is 0. The van der Waals surface area contributed by atoms with E-state index >= 15 is 0 Å². The molecule has 1 N–H and O–H groups in total. The van der Waals surface area contributed by atoms with Crippen molar-refractivity contribution in [2.24, 2.45) is 11.8 Å². The third-order valence-corrected chi connectivity index (χ3v) is 5.64. The van der Waals surface area contributed by atoms with Crippen LogP contribution in [0.4, 0.5) is 0 Å². The van der Waals surface area contributed by atoms with Gasteiger partial charge < -0.3 is 5.32 Å². The number of nitrogens with one attached hydrogen (secondary N) is 1. The summed E-state index contributed by atoms with van der Waals surface area (Å²) in [6.45, 7) is 11.7. The Labute approximate surface area is 129 Å². The van der Waals surface area contributed by atoms with Gasteiger partial charge in [-0.15, -0.1) is 0 Å². The monoisotopic (exact) mass is 286 g/mol. The average Bonchev–Trinajstić information content (AvgIpc) is 3.27. The fraction of sp³-hybridized carbons (Fsp3) is 0.684. The van der Waals surface area contributed by atoms with Gasteiger partial charge in [0, 0.05) is 25.2 Å². The molecule has 0 bridgehead atoms. The average molecular weight is 286 g/mol. The maximum absolute atomic E-state index is 3.85. The molecule has 4 atom stereocenters. The number of benzene rings is 1. The van der Waals surface area contributed by atoms with Crippen LogP contribution >= 0.6 is 0 Å². The number of hydrogen-bond donors (Lipinski definition) is 1. The Hall–Kier alpha value is -0.860. The van der Waals surface area contributed by atoms with E-state index in [4.69, 9.17) is 0 Å². The van der Waals surface area contributed by atoms with Crippen LogP contribution in [0.2, 0.25) is 0 Å². The van der Waals surface area contributed by atoms with E-state index in [1.54, 1.807) is 0 Å². The number of nitrogens with zero attached hydrogens (tertiary/aromatic N) is 1. The number of rotatable bonds is 4. The summed E-state index contributed by atoms with van der Waals surface area (Å²) in [5.74, 6) is 1.65. The summed E-state index contributed by atoms with van der Waals surface area (Å²) in [6.07, 6.45) is 2.74. The van der Waals surface area contributed by atoms with Gasteiger partial charge in [-0.25, -0.2) is 0 Å². The maximum Gasteiger partial charge on any atom is 0.0535 e. The van der Waals surface area contributed by atoms with Crippen molar-refractivity contribution >= 4 is 0 Å². The summed E-state index contributed by atoms with van der Waals surface area (Å²) in [4.78, 5) is 2.82. The summed E-state index contributed by atoms with van der Waals surface area (Å²) in [6, 6.07) is 12.5. The molecule has 1 aromatic rings. The molecule has 3 rings (SSSR count). The van der Waals surface area contributed by atoms with Gasteiger partial charge in [0.2, 0.25) is 0 Å². The fourth-order valence-electron chi connectivity index (χ4n) is 4.04. The predicted octanol–water partition coefficient (Wildman–Crippen LogP) is 3.63. The topological polar surface area (TPSA) is 15.3 Å². The van der Waals surface area contributed by atoms with Crippen molar-refractivity contribution in [3.63, 3.8) is 0 Å². The van der Waals surface area contributed by atoms with Crippen LogP contribution < -0.4 is 5.32 Å². The van der Waals surface area contributed by atoms with Crippen LogP contribution in [0.3, 0.4) is 0 Å². The van der Waals surface area contributed by atoms with E-state index in [-0.39, 0.29) is 5.54 Å². The van der Waals surface area contributed by atoms with Crippen LogP contribution in [0.5, 0.6) is 0 Å². The minimum absolute atomic E-state index is 0.0908. The molecule has 0 spiro atoms. The molecular weight excluding hydrogens is 256 g/mol. The lowest BCUT2D eigenvalue weighted by Gasteiger charge is -2.48. The Morgan fingerprint density at radius 2 is 2.00 bits per heavy atom. The van der Waals surface area contributed by atoms with Gasteiger partial charge in [0.25, 0.3) is 0 Å². The number of hydrogen-bond acceptors (Lipinski definition) is 2. The first-order valence-electron chi connectivity index (χ1n) is 8.61. The van der Waals surface area contributed by atoms with Gasteiger partial charge in [0.1, 0.15) is 0 Å². The molecule has 21 heavy (non-hydrogen) atoms. The van der Waals surface area contributed by atoms with Gasteiger partial charge in [-0.1, -0.05) is 57.5 Å². The molecule has 116 valence electrons. The van der Waals surface area contributed by atoms with Gasteiger partial charge >= 0.3 is 0 Å². The Bertz CT molecular complexity index is 470. The summed E-state index contributed by atoms with van der Waals surface area (Å²) in [5, 5.41) is 3.85. The van der Waals surface area contributed by atoms with Crippen molar-refractivity contribution in [2.45, 2.75) is 58.2 Å². The molecule has 4 unspecified atom stereocenters. The van der Waals surface area contributed by atoms with Crippen molar-refractivity contribution in [1.29, 1.82) is 0 Å². The maximum atomic E-state index is 3.85. The summed E-state index contributed by atoms with van der Waals surface area (Å²) in [5.41, 5.74) is 1.51. The second-order valence-corrected chi connectivity index (χ2v) is 7.53. The molecule has 2 heteroatoms. The van der Waals surface area contributed by atoms with Crippen molar-refractivity contribution in [3.8, 4) is 0 Å². The quantitative estimate of drug-likeness (QED) is 0.909. The van der Waals surface area contributed by atoms with E-state index in [0.717, 1.165) is 31.0 Å². The van der Waals surface area contributed by atoms with Crippen LogP contribution in [-0.4, -0.2) is 30.1 Å². The van der Waals surface area contributed by atoms with Crippen LogP contribution in [0, 0.1) is 11.8 Å². The third-order valence-electron chi connectivity index (χ3n) is 5.64. The van der Waals surface area contributed by atoms with Crippen molar-refractivity contribution in [3.05, 3.63) is 35.9 Å². The largest absolute Gasteiger partial charge is 0.305 e. The molecule has 1 heterocycles. The van der Waals surface area contributed by atoms with Crippen LogP contribution in [0.25, 0.3) is 0 Å². The summed E-state index contributed by atoms with van der Waals surface area (Å²) < 4.78 is 0. The minimum Gasteiger partial charge on any atom is -0.305 e. The van der Waals surface area contributed by atoms with E-state index < -0.39 is 0 Å². The van der Waals surface area contributed by atoms with Gasteiger partial charge in [-0.05, 0) is 30.7 Å². The normalized spacial score (nSPS) is 36.9. The Morgan fingerprint density at radius 1 is 1.29 bits per heavy atom. The molecule has 1 aromatic carbocycles. The Morgan fingerprint density at radius 3 is 2.57 bits per heavy atom. The highest BCUT2D eigenvalue weighted by molar-refractivity contribution is 5.25. The molecule has 1 saturated carbocycles. The molecule has 0 amide bonds. The lowest BCUT2D eigenvalue weighted by Crippen LogP contribution is -2.63. The zero-order chi connectivity index (χ0) is 15.0. The summed E-state index contributed by atoms with van der Waals surface area (Å²) in [7, 11) is 0. The highest BCUT2D eigenvalue weighted by atomic mass is 15.3. The van der Waals surface area contributed by atoms with E-state index in [9.17, 15) is 0 Å². The van der Waals surface area contributed by atoms with Crippen LogP contribution in [-0.2, 0) is 5.54 Å². The highest BCUT2D eigenvalue weighted by Gasteiger charge is 2.48. The van der Waals surface area contributed by atoms with E-state index in [1.807, 2.05) is 0 Å². The molecule has 2 aliphatic rings. The fourth-order valence-corrected chi connectivity index (χ4v) is 4.04. The minimum atomic E-state index is 0.0908.